The van der Waals surface area contributed by atoms with Gasteiger partial charge in [-0.2, -0.15) is 0 Å². The van der Waals surface area contributed by atoms with E-state index < -0.39 is 0 Å². The van der Waals surface area contributed by atoms with E-state index in [1.807, 2.05) is 29.2 Å². The minimum atomic E-state index is 0.203. The van der Waals surface area contributed by atoms with Gasteiger partial charge in [0, 0.05) is 26.1 Å². The van der Waals surface area contributed by atoms with E-state index in [1.54, 1.807) is 7.11 Å². The molecule has 1 saturated heterocycles. The van der Waals surface area contributed by atoms with Crippen LogP contribution in [-0.4, -0.2) is 38.8 Å². The molecule has 0 bridgehead atoms. The highest BCUT2D eigenvalue weighted by Crippen LogP contribution is 2.30. The van der Waals surface area contributed by atoms with Crippen LogP contribution < -0.4 is 16.0 Å². The molecule has 1 aromatic carbocycles. The van der Waals surface area contributed by atoms with Gasteiger partial charge in [-0.15, -0.1) is 0 Å². The Morgan fingerprint density at radius 1 is 1.43 bits per heavy atom. The van der Waals surface area contributed by atoms with Gasteiger partial charge < -0.3 is 20.7 Å². The van der Waals surface area contributed by atoms with Gasteiger partial charge in [0.1, 0.15) is 0 Å². The van der Waals surface area contributed by atoms with Crippen molar-refractivity contribution in [3.8, 4) is 0 Å². The number of nitrogens with zero attached hydrogens (tertiary/aromatic N) is 1. The van der Waals surface area contributed by atoms with Crippen molar-refractivity contribution in [3.63, 3.8) is 0 Å². The Hall–Kier alpha value is -1.59. The summed E-state index contributed by atoms with van der Waals surface area (Å²) in [7, 11) is 1.70. The lowest BCUT2D eigenvalue weighted by Crippen LogP contribution is -2.29. The molecule has 1 aliphatic rings. The van der Waals surface area contributed by atoms with E-state index in [9.17, 15) is 4.79 Å². The Bertz CT molecular complexity index is 465. The zero-order chi connectivity index (χ0) is 15.1. The minimum absolute atomic E-state index is 0.203. The lowest BCUT2D eigenvalue weighted by atomic mass is 10.1. The summed E-state index contributed by atoms with van der Waals surface area (Å²) in [5.41, 5.74) is 7.55. The standard InChI is InChI=1S/C16H25N3O2/c1-21-12-13(6-4-10-17)18-14-7-2-3-8-15(14)19-11-5-9-16(19)20/h2-3,7-8,13,18H,4-6,9-12,17H2,1H3. The van der Waals surface area contributed by atoms with Crippen molar-refractivity contribution in [1.82, 2.24) is 0 Å². The molecule has 1 atom stereocenters. The molecule has 0 aliphatic carbocycles. The summed E-state index contributed by atoms with van der Waals surface area (Å²) < 4.78 is 5.28. The van der Waals surface area contributed by atoms with Gasteiger partial charge in [0.25, 0.3) is 0 Å². The summed E-state index contributed by atoms with van der Waals surface area (Å²) in [6.45, 7) is 2.10. The monoisotopic (exact) mass is 291 g/mol. The number of nitrogens with one attached hydrogen (secondary N) is 1. The Balaban J connectivity index is 2.12. The molecule has 1 unspecified atom stereocenters. The molecule has 2 rings (SSSR count). The minimum Gasteiger partial charge on any atom is -0.383 e. The summed E-state index contributed by atoms with van der Waals surface area (Å²) in [6.07, 6.45) is 3.48. The maximum absolute atomic E-state index is 12.0. The average molecular weight is 291 g/mol. The quantitative estimate of drug-likeness (QED) is 0.768. The normalized spacial score (nSPS) is 16.3. The Morgan fingerprint density at radius 2 is 2.24 bits per heavy atom. The van der Waals surface area contributed by atoms with Crippen molar-refractivity contribution in [1.29, 1.82) is 0 Å². The van der Waals surface area contributed by atoms with Gasteiger partial charge >= 0.3 is 0 Å². The van der Waals surface area contributed by atoms with E-state index in [-0.39, 0.29) is 11.9 Å². The van der Waals surface area contributed by atoms with Crippen molar-refractivity contribution < 1.29 is 9.53 Å². The first-order valence-corrected chi connectivity index (χ1v) is 7.61. The SMILES string of the molecule is COCC(CCCN)Nc1ccccc1N1CCCC1=O. The molecule has 1 aliphatic heterocycles. The van der Waals surface area contributed by atoms with Crippen LogP contribution in [0, 0.1) is 0 Å². The predicted molar refractivity (Wildman–Crippen MR) is 85.6 cm³/mol. The third-order valence-corrected chi connectivity index (χ3v) is 3.75. The molecule has 1 heterocycles. The van der Waals surface area contributed by atoms with Crippen LogP contribution in [0.25, 0.3) is 0 Å². The lowest BCUT2D eigenvalue weighted by Gasteiger charge is -2.24. The highest BCUT2D eigenvalue weighted by Gasteiger charge is 2.24. The zero-order valence-corrected chi connectivity index (χ0v) is 12.7. The van der Waals surface area contributed by atoms with E-state index in [0.29, 0.717) is 19.6 Å². The van der Waals surface area contributed by atoms with Crippen LogP contribution in [0.15, 0.2) is 24.3 Å². The molecule has 0 radical (unpaired) electrons. The molecule has 5 nitrogen and oxygen atoms in total. The van der Waals surface area contributed by atoms with Gasteiger partial charge in [-0.25, -0.2) is 0 Å². The summed E-state index contributed by atoms with van der Waals surface area (Å²) in [5.74, 6) is 0.203. The number of carbonyl (C=O) groups is 1. The van der Waals surface area contributed by atoms with Gasteiger partial charge in [-0.1, -0.05) is 12.1 Å². The fraction of sp³-hybridized carbons (Fsp3) is 0.562. The van der Waals surface area contributed by atoms with Crippen LogP contribution in [-0.2, 0) is 9.53 Å². The lowest BCUT2D eigenvalue weighted by molar-refractivity contribution is -0.117. The molecule has 21 heavy (non-hydrogen) atoms. The molecule has 1 amide bonds. The predicted octanol–water partition coefficient (Wildman–Crippen LogP) is 1.98. The second-order valence-corrected chi connectivity index (χ2v) is 5.39. The first-order chi connectivity index (χ1) is 10.3. The van der Waals surface area contributed by atoms with Crippen molar-refractivity contribution >= 4 is 17.3 Å². The third kappa shape index (κ3) is 4.19. The van der Waals surface area contributed by atoms with E-state index >= 15 is 0 Å². The fourth-order valence-corrected chi connectivity index (χ4v) is 2.72. The number of para-hydroxylation sites is 2. The number of hydrogen-bond donors (Lipinski definition) is 2. The van der Waals surface area contributed by atoms with Gasteiger partial charge in [-0.3, -0.25) is 4.79 Å². The second kappa shape index (κ2) is 8.00. The fourth-order valence-electron chi connectivity index (χ4n) is 2.72. The van der Waals surface area contributed by atoms with E-state index in [1.165, 1.54) is 0 Å². The summed E-state index contributed by atoms with van der Waals surface area (Å²) >= 11 is 0. The summed E-state index contributed by atoms with van der Waals surface area (Å²) in [5, 5.41) is 3.51. The molecule has 0 saturated carbocycles. The molecule has 0 spiro atoms. The topological polar surface area (TPSA) is 67.6 Å². The number of hydrogen-bond acceptors (Lipinski definition) is 4. The summed E-state index contributed by atoms with van der Waals surface area (Å²) in [6, 6.07) is 8.18. The largest absolute Gasteiger partial charge is 0.383 e. The number of anilines is 2. The average Bonchev–Trinajstić information content (AvgIpc) is 2.91. The van der Waals surface area contributed by atoms with Crippen LogP contribution in [0.1, 0.15) is 25.7 Å². The maximum atomic E-state index is 12.0. The van der Waals surface area contributed by atoms with Gasteiger partial charge in [0.05, 0.1) is 18.0 Å². The molecule has 116 valence electrons. The first kappa shape index (κ1) is 15.8. The maximum Gasteiger partial charge on any atom is 0.227 e. The number of nitrogens with two attached hydrogens (primary N) is 1. The van der Waals surface area contributed by atoms with Crippen molar-refractivity contribution in [3.05, 3.63) is 24.3 Å². The highest BCUT2D eigenvalue weighted by atomic mass is 16.5. The molecule has 5 heteroatoms. The van der Waals surface area contributed by atoms with Crippen LogP contribution in [0.4, 0.5) is 11.4 Å². The number of ether oxygens (including phenoxy) is 1. The molecule has 1 fully saturated rings. The van der Waals surface area contributed by atoms with E-state index in [0.717, 1.165) is 37.2 Å². The molecular weight excluding hydrogens is 266 g/mol. The number of methoxy groups -OCH3 is 1. The Morgan fingerprint density at radius 3 is 2.90 bits per heavy atom. The number of amides is 1. The van der Waals surface area contributed by atoms with E-state index in [4.69, 9.17) is 10.5 Å². The molecular formula is C16H25N3O2. The third-order valence-electron chi connectivity index (χ3n) is 3.75. The summed E-state index contributed by atoms with van der Waals surface area (Å²) in [4.78, 5) is 13.8. The van der Waals surface area contributed by atoms with Gasteiger partial charge in [0.2, 0.25) is 5.91 Å². The molecule has 1 aromatic rings. The molecule has 3 N–H and O–H groups in total. The zero-order valence-electron chi connectivity index (χ0n) is 12.7. The van der Waals surface area contributed by atoms with Crippen molar-refractivity contribution in [2.45, 2.75) is 31.7 Å². The van der Waals surface area contributed by atoms with Gasteiger partial charge in [0.15, 0.2) is 0 Å². The van der Waals surface area contributed by atoms with Crippen molar-refractivity contribution in [2.24, 2.45) is 5.73 Å². The number of carbonyl (C=O) groups excluding carboxylic acids is 1. The van der Waals surface area contributed by atoms with Crippen LogP contribution in [0.5, 0.6) is 0 Å². The number of benzene rings is 1. The van der Waals surface area contributed by atoms with Crippen LogP contribution in [0.3, 0.4) is 0 Å². The Labute approximate surface area is 126 Å². The smallest absolute Gasteiger partial charge is 0.227 e. The van der Waals surface area contributed by atoms with E-state index in [2.05, 4.69) is 5.32 Å². The number of rotatable bonds is 8. The Kier molecular flexibility index (Phi) is 6.02. The van der Waals surface area contributed by atoms with Gasteiger partial charge in [-0.05, 0) is 37.9 Å². The van der Waals surface area contributed by atoms with Crippen LogP contribution in [0.2, 0.25) is 0 Å². The first-order valence-electron chi connectivity index (χ1n) is 7.61. The molecule has 0 aromatic heterocycles. The highest BCUT2D eigenvalue weighted by molar-refractivity contribution is 5.98. The second-order valence-electron chi connectivity index (χ2n) is 5.39. The van der Waals surface area contributed by atoms with Crippen molar-refractivity contribution in [2.75, 3.05) is 37.0 Å². The van der Waals surface area contributed by atoms with Crippen LogP contribution >= 0.6 is 0 Å².